The Bertz CT molecular complexity index is 1010. The third-order valence-electron chi connectivity index (χ3n) is 3.99. The largest absolute Gasteiger partial charge is 0.496 e. The van der Waals surface area contributed by atoms with Crippen molar-refractivity contribution in [2.24, 2.45) is 0 Å². The molecule has 2 N–H and O–H groups in total. The number of rotatable bonds is 3. The average molecular weight is 316 g/mol. The van der Waals surface area contributed by atoms with Crippen LogP contribution in [-0.2, 0) is 0 Å². The van der Waals surface area contributed by atoms with Crippen LogP contribution in [0.15, 0.2) is 66.9 Å². The molecule has 0 bridgehead atoms. The quantitative estimate of drug-likeness (QED) is 0.586. The first-order valence-electron chi connectivity index (χ1n) is 7.60. The van der Waals surface area contributed by atoms with Crippen LogP contribution >= 0.6 is 0 Å². The summed E-state index contributed by atoms with van der Waals surface area (Å²) < 4.78 is 7.43. The fourth-order valence-electron chi connectivity index (χ4n) is 2.75. The molecule has 24 heavy (non-hydrogen) atoms. The third kappa shape index (κ3) is 2.36. The number of nitrogen functional groups attached to an aromatic ring is 1. The SMILES string of the molecule is COc1ccccc1-c1nnc2ccc(-c3ccc(N)cc3)cn12. The van der Waals surface area contributed by atoms with Gasteiger partial charge in [-0.3, -0.25) is 4.40 Å². The van der Waals surface area contributed by atoms with Gasteiger partial charge in [0.2, 0.25) is 0 Å². The van der Waals surface area contributed by atoms with Crippen LogP contribution < -0.4 is 10.5 Å². The fraction of sp³-hybridized carbons (Fsp3) is 0.0526. The predicted octanol–water partition coefficient (Wildman–Crippen LogP) is 3.65. The summed E-state index contributed by atoms with van der Waals surface area (Å²) in [7, 11) is 1.65. The molecule has 118 valence electrons. The molecule has 0 unspecified atom stereocenters. The fourth-order valence-corrected chi connectivity index (χ4v) is 2.75. The van der Waals surface area contributed by atoms with Crippen molar-refractivity contribution in [1.29, 1.82) is 0 Å². The minimum atomic E-state index is 0.749. The van der Waals surface area contributed by atoms with Crippen molar-refractivity contribution in [2.45, 2.75) is 0 Å². The Morgan fingerprint density at radius 3 is 2.42 bits per heavy atom. The van der Waals surface area contributed by atoms with Crippen molar-refractivity contribution in [1.82, 2.24) is 14.6 Å². The maximum absolute atomic E-state index is 5.77. The summed E-state index contributed by atoms with van der Waals surface area (Å²) in [6, 6.07) is 19.6. The first-order valence-corrected chi connectivity index (χ1v) is 7.60. The van der Waals surface area contributed by atoms with Gasteiger partial charge in [-0.25, -0.2) is 0 Å². The van der Waals surface area contributed by atoms with E-state index in [1.807, 2.05) is 71.3 Å². The Morgan fingerprint density at radius 2 is 1.62 bits per heavy atom. The number of ether oxygens (including phenoxy) is 1. The molecule has 4 aromatic rings. The van der Waals surface area contributed by atoms with E-state index in [4.69, 9.17) is 10.5 Å². The van der Waals surface area contributed by atoms with E-state index in [9.17, 15) is 0 Å². The lowest BCUT2D eigenvalue weighted by molar-refractivity contribution is 0.416. The lowest BCUT2D eigenvalue weighted by Crippen LogP contribution is -1.94. The molecule has 0 saturated heterocycles. The Morgan fingerprint density at radius 1 is 0.875 bits per heavy atom. The second-order valence-electron chi connectivity index (χ2n) is 5.49. The normalized spacial score (nSPS) is 10.9. The first-order chi connectivity index (χ1) is 11.8. The van der Waals surface area contributed by atoms with Crippen LogP contribution in [0.5, 0.6) is 5.75 Å². The molecule has 0 spiro atoms. The standard InChI is InChI=1S/C19H16N4O/c1-24-17-5-3-2-4-16(17)19-22-21-18-11-8-14(12-23(18)19)13-6-9-15(20)10-7-13/h2-12H,20H2,1H3. The van der Waals surface area contributed by atoms with Crippen molar-refractivity contribution in [3.8, 4) is 28.3 Å². The number of fused-ring (bicyclic) bond motifs is 1. The molecule has 0 aliphatic heterocycles. The number of hydrogen-bond donors (Lipinski definition) is 1. The zero-order valence-electron chi connectivity index (χ0n) is 13.2. The van der Waals surface area contributed by atoms with Gasteiger partial charge in [-0.05, 0) is 47.5 Å². The van der Waals surface area contributed by atoms with Crippen LogP contribution in [0, 0.1) is 0 Å². The van der Waals surface area contributed by atoms with E-state index in [1.165, 1.54) is 0 Å². The van der Waals surface area contributed by atoms with E-state index in [1.54, 1.807) is 7.11 Å². The van der Waals surface area contributed by atoms with E-state index in [2.05, 4.69) is 10.2 Å². The molecule has 0 radical (unpaired) electrons. The van der Waals surface area contributed by atoms with Gasteiger partial charge in [0.1, 0.15) is 5.75 Å². The Kier molecular flexibility index (Phi) is 3.39. The van der Waals surface area contributed by atoms with Gasteiger partial charge < -0.3 is 10.5 Å². The van der Waals surface area contributed by atoms with E-state index in [0.29, 0.717) is 0 Å². The van der Waals surface area contributed by atoms with Crippen molar-refractivity contribution in [3.05, 3.63) is 66.9 Å². The molecular weight excluding hydrogens is 300 g/mol. The molecule has 5 heteroatoms. The maximum Gasteiger partial charge on any atom is 0.172 e. The highest BCUT2D eigenvalue weighted by atomic mass is 16.5. The molecule has 0 saturated carbocycles. The molecule has 5 nitrogen and oxygen atoms in total. The molecule has 0 amide bonds. The van der Waals surface area contributed by atoms with Gasteiger partial charge in [-0.2, -0.15) is 0 Å². The predicted molar refractivity (Wildman–Crippen MR) is 94.8 cm³/mol. The third-order valence-corrected chi connectivity index (χ3v) is 3.99. The van der Waals surface area contributed by atoms with Gasteiger partial charge in [0.15, 0.2) is 11.5 Å². The number of nitrogens with zero attached hydrogens (tertiary/aromatic N) is 3. The molecule has 0 aliphatic carbocycles. The van der Waals surface area contributed by atoms with E-state index >= 15 is 0 Å². The summed E-state index contributed by atoms with van der Waals surface area (Å²) in [5.74, 6) is 1.52. The van der Waals surface area contributed by atoms with Crippen LogP contribution in [0.3, 0.4) is 0 Å². The number of anilines is 1. The molecular formula is C19H16N4O. The van der Waals surface area contributed by atoms with E-state index in [-0.39, 0.29) is 0 Å². The minimum absolute atomic E-state index is 0.749. The lowest BCUT2D eigenvalue weighted by atomic mass is 10.1. The summed E-state index contributed by atoms with van der Waals surface area (Å²) in [5, 5.41) is 8.59. The highest BCUT2D eigenvalue weighted by molar-refractivity contribution is 5.70. The highest BCUT2D eigenvalue weighted by Gasteiger charge is 2.13. The van der Waals surface area contributed by atoms with Gasteiger partial charge in [0.25, 0.3) is 0 Å². The Labute approximate surface area is 139 Å². The summed E-state index contributed by atoms with van der Waals surface area (Å²) >= 11 is 0. The number of aromatic nitrogens is 3. The van der Waals surface area contributed by atoms with Crippen molar-refractivity contribution < 1.29 is 4.74 Å². The first kappa shape index (κ1) is 14.3. The number of hydrogen-bond acceptors (Lipinski definition) is 4. The second kappa shape index (κ2) is 5.70. The summed E-state index contributed by atoms with van der Waals surface area (Å²) in [5.41, 5.74) is 10.4. The van der Waals surface area contributed by atoms with E-state index in [0.717, 1.165) is 39.6 Å². The molecule has 2 aromatic carbocycles. The van der Waals surface area contributed by atoms with Crippen LogP contribution in [0.1, 0.15) is 0 Å². The van der Waals surface area contributed by atoms with Gasteiger partial charge in [0.05, 0.1) is 12.7 Å². The maximum atomic E-state index is 5.77. The summed E-state index contributed by atoms with van der Waals surface area (Å²) in [4.78, 5) is 0. The number of para-hydroxylation sites is 1. The molecule has 0 fully saturated rings. The molecule has 2 heterocycles. The number of benzene rings is 2. The van der Waals surface area contributed by atoms with Gasteiger partial charge in [-0.1, -0.05) is 24.3 Å². The number of methoxy groups -OCH3 is 1. The lowest BCUT2D eigenvalue weighted by Gasteiger charge is -2.08. The zero-order valence-corrected chi connectivity index (χ0v) is 13.2. The monoisotopic (exact) mass is 316 g/mol. The Balaban J connectivity index is 1.89. The van der Waals surface area contributed by atoms with Gasteiger partial charge in [0, 0.05) is 11.9 Å². The average Bonchev–Trinajstić information content (AvgIpc) is 3.05. The van der Waals surface area contributed by atoms with Crippen molar-refractivity contribution in [3.63, 3.8) is 0 Å². The van der Waals surface area contributed by atoms with Crippen LogP contribution in [0.25, 0.3) is 28.2 Å². The zero-order chi connectivity index (χ0) is 16.5. The van der Waals surface area contributed by atoms with Crippen molar-refractivity contribution in [2.75, 3.05) is 12.8 Å². The smallest absolute Gasteiger partial charge is 0.172 e. The van der Waals surface area contributed by atoms with Gasteiger partial charge >= 0.3 is 0 Å². The molecule has 2 aromatic heterocycles. The van der Waals surface area contributed by atoms with Crippen molar-refractivity contribution >= 4 is 11.3 Å². The van der Waals surface area contributed by atoms with Crippen LogP contribution in [0.2, 0.25) is 0 Å². The molecule has 0 aliphatic rings. The number of nitrogens with two attached hydrogens (primary N) is 1. The van der Waals surface area contributed by atoms with E-state index < -0.39 is 0 Å². The molecule has 4 rings (SSSR count). The second-order valence-corrected chi connectivity index (χ2v) is 5.49. The summed E-state index contributed by atoms with van der Waals surface area (Å²) in [6.45, 7) is 0. The Hall–Kier alpha value is -3.34. The highest BCUT2D eigenvalue weighted by Crippen LogP contribution is 2.29. The topological polar surface area (TPSA) is 65.4 Å². The number of pyridine rings is 1. The minimum Gasteiger partial charge on any atom is -0.496 e. The summed E-state index contributed by atoms with van der Waals surface area (Å²) in [6.07, 6.45) is 2.03. The van der Waals surface area contributed by atoms with Crippen LogP contribution in [-0.4, -0.2) is 21.7 Å². The van der Waals surface area contributed by atoms with Gasteiger partial charge in [-0.15, -0.1) is 10.2 Å². The molecule has 0 atom stereocenters. The van der Waals surface area contributed by atoms with Crippen LogP contribution in [0.4, 0.5) is 5.69 Å².